The molecule has 122 valence electrons. The van der Waals surface area contributed by atoms with Gasteiger partial charge in [-0.15, -0.1) is 0 Å². The number of nitrogens with one attached hydrogen (secondary N) is 2. The normalized spacial score (nSPS) is 12.0. The van der Waals surface area contributed by atoms with Crippen molar-refractivity contribution in [3.8, 4) is 0 Å². The van der Waals surface area contributed by atoms with Crippen LogP contribution in [0.25, 0.3) is 0 Å². The van der Waals surface area contributed by atoms with Crippen LogP contribution in [0.1, 0.15) is 16.7 Å². The third-order valence-electron chi connectivity index (χ3n) is 3.78. The number of carbonyl (C=O) groups excluding carboxylic acids is 1. The monoisotopic (exact) mass is 351 g/mol. The van der Waals surface area contributed by atoms with Gasteiger partial charge in [-0.3, -0.25) is 4.79 Å². The Labute approximate surface area is 147 Å². The minimum absolute atomic E-state index is 0.0242. The topological polar surface area (TPSA) is 33.5 Å². The van der Waals surface area contributed by atoms with E-state index in [9.17, 15) is 4.79 Å². The summed E-state index contributed by atoms with van der Waals surface area (Å²) in [5, 5.41) is 4.03. The minimum atomic E-state index is -0.0242. The van der Waals surface area contributed by atoms with Gasteiger partial charge in [-0.05, 0) is 43.2 Å². The van der Waals surface area contributed by atoms with Crippen molar-refractivity contribution < 1.29 is 9.69 Å². The lowest BCUT2D eigenvalue weighted by Crippen LogP contribution is -3.08. The maximum Gasteiger partial charge on any atom is 0.279 e. The van der Waals surface area contributed by atoms with Gasteiger partial charge in [-0.2, -0.15) is 0 Å². The number of benzene rings is 2. The Morgan fingerprint density at radius 2 is 1.87 bits per heavy atom. The first-order valence-electron chi connectivity index (χ1n) is 7.48. The zero-order valence-electron chi connectivity index (χ0n) is 13.5. The van der Waals surface area contributed by atoms with Crippen molar-refractivity contribution in [1.82, 2.24) is 0 Å². The van der Waals surface area contributed by atoms with E-state index in [4.69, 9.17) is 23.2 Å². The fourth-order valence-corrected chi connectivity index (χ4v) is 2.76. The number of hydrogen-bond acceptors (Lipinski definition) is 1. The predicted octanol–water partition coefficient (Wildman–Crippen LogP) is 3.26. The lowest BCUT2D eigenvalue weighted by atomic mass is 10.1. The molecule has 5 heteroatoms. The average molecular weight is 352 g/mol. The SMILES string of the molecule is Cc1ccc(NC(=O)C[NH+](C)Cc2cccc(Cl)c2Cl)cc1C. The van der Waals surface area contributed by atoms with E-state index >= 15 is 0 Å². The molecule has 0 fully saturated rings. The number of quaternary nitrogens is 1. The van der Waals surface area contributed by atoms with Crippen molar-refractivity contribution in [2.45, 2.75) is 20.4 Å². The van der Waals surface area contributed by atoms with Crippen LogP contribution in [0.3, 0.4) is 0 Å². The molecule has 0 heterocycles. The van der Waals surface area contributed by atoms with Gasteiger partial charge in [0.25, 0.3) is 5.91 Å². The molecule has 2 aromatic rings. The second-order valence-electron chi connectivity index (χ2n) is 5.87. The molecule has 23 heavy (non-hydrogen) atoms. The molecule has 0 spiro atoms. The highest BCUT2D eigenvalue weighted by atomic mass is 35.5. The van der Waals surface area contributed by atoms with Crippen LogP contribution >= 0.6 is 23.2 Å². The summed E-state index contributed by atoms with van der Waals surface area (Å²) in [7, 11) is 1.96. The molecule has 3 nitrogen and oxygen atoms in total. The average Bonchev–Trinajstić information content (AvgIpc) is 2.47. The maximum absolute atomic E-state index is 12.2. The van der Waals surface area contributed by atoms with Crippen molar-refractivity contribution in [2.24, 2.45) is 0 Å². The van der Waals surface area contributed by atoms with E-state index in [1.54, 1.807) is 6.07 Å². The molecular weight excluding hydrogens is 331 g/mol. The van der Waals surface area contributed by atoms with E-state index < -0.39 is 0 Å². The van der Waals surface area contributed by atoms with Crippen molar-refractivity contribution in [2.75, 3.05) is 18.9 Å². The highest BCUT2D eigenvalue weighted by Crippen LogP contribution is 2.24. The van der Waals surface area contributed by atoms with Gasteiger partial charge in [0.1, 0.15) is 6.54 Å². The van der Waals surface area contributed by atoms with Crippen molar-refractivity contribution in [3.05, 3.63) is 63.1 Å². The molecule has 1 amide bonds. The van der Waals surface area contributed by atoms with Crippen LogP contribution < -0.4 is 10.2 Å². The molecule has 0 aromatic heterocycles. The fraction of sp³-hybridized carbons (Fsp3) is 0.278. The van der Waals surface area contributed by atoms with Gasteiger partial charge in [0, 0.05) is 11.3 Å². The molecule has 2 aromatic carbocycles. The highest BCUT2D eigenvalue weighted by Gasteiger charge is 2.14. The van der Waals surface area contributed by atoms with Crippen molar-refractivity contribution >= 4 is 34.8 Å². The molecule has 0 saturated carbocycles. The molecule has 1 unspecified atom stereocenters. The molecule has 0 saturated heterocycles. The second-order valence-corrected chi connectivity index (χ2v) is 6.66. The minimum Gasteiger partial charge on any atom is -0.326 e. The molecule has 0 bridgehead atoms. The first kappa shape index (κ1) is 17.8. The van der Waals surface area contributed by atoms with Gasteiger partial charge in [0.15, 0.2) is 6.54 Å². The van der Waals surface area contributed by atoms with Gasteiger partial charge in [0.2, 0.25) is 0 Å². The quantitative estimate of drug-likeness (QED) is 0.851. The molecule has 2 rings (SSSR count). The summed E-state index contributed by atoms with van der Waals surface area (Å²) in [6.45, 7) is 5.08. The lowest BCUT2D eigenvalue weighted by Gasteiger charge is -2.15. The first-order chi connectivity index (χ1) is 10.9. The van der Waals surface area contributed by atoms with Crippen LogP contribution in [0, 0.1) is 13.8 Å². The van der Waals surface area contributed by atoms with Gasteiger partial charge in [0.05, 0.1) is 17.1 Å². The van der Waals surface area contributed by atoms with E-state index in [-0.39, 0.29) is 5.91 Å². The Hall–Kier alpha value is -1.55. The zero-order chi connectivity index (χ0) is 17.0. The first-order valence-corrected chi connectivity index (χ1v) is 8.23. The summed E-state index contributed by atoms with van der Waals surface area (Å²) in [5.41, 5.74) is 4.14. The number of aryl methyl sites for hydroxylation is 2. The zero-order valence-corrected chi connectivity index (χ0v) is 15.1. The number of halogens is 2. The maximum atomic E-state index is 12.2. The summed E-state index contributed by atoms with van der Waals surface area (Å²) >= 11 is 12.2. The molecular formula is C18H21Cl2N2O+. The van der Waals surface area contributed by atoms with Gasteiger partial charge >= 0.3 is 0 Å². The third kappa shape index (κ3) is 4.96. The molecule has 0 radical (unpaired) electrons. The van der Waals surface area contributed by atoms with Crippen LogP contribution in [0.5, 0.6) is 0 Å². The van der Waals surface area contributed by atoms with E-state index in [2.05, 4.69) is 5.32 Å². The Morgan fingerprint density at radius 1 is 1.13 bits per heavy atom. The van der Waals surface area contributed by atoms with Crippen molar-refractivity contribution in [1.29, 1.82) is 0 Å². The Balaban J connectivity index is 1.94. The smallest absolute Gasteiger partial charge is 0.279 e. The van der Waals surface area contributed by atoms with E-state index in [1.165, 1.54) is 5.56 Å². The van der Waals surface area contributed by atoms with Crippen LogP contribution in [0.15, 0.2) is 36.4 Å². The summed E-state index contributed by atoms with van der Waals surface area (Å²) in [4.78, 5) is 13.2. The third-order valence-corrected chi connectivity index (χ3v) is 4.63. The fourth-order valence-electron chi connectivity index (χ4n) is 2.37. The largest absolute Gasteiger partial charge is 0.326 e. The number of hydrogen-bond donors (Lipinski definition) is 2. The van der Waals surface area contributed by atoms with Crippen molar-refractivity contribution in [3.63, 3.8) is 0 Å². The summed E-state index contributed by atoms with van der Waals surface area (Å²) in [6.07, 6.45) is 0. The summed E-state index contributed by atoms with van der Waals surface area (Å²) < 4.78 is 0. The number of carbonyl (C=O) groups is 1. The number of amides is 1. The number of anilines is 1. The molecule has 0 aliphatic rings. The highest BCUT2D eigenvalue weighted by molar-refractivity contribution is 6.42. The van der Waals surface area contributed by atoms with Crippen LogP contribution in [0.2, 0.25) is 10.0 Å². The van der Waals surface area contributed by atoms with Gasteiger partial charge in [-0.1, -0.05) is 41.4 Å². The molecule has 2 N–H and O–H groups in total. The van der Waals surface area contributed by atoms with Crippen LogP contribution in [0.4, 0.5) is 5.69 Å². The summed E-state index contributed by atoms with van der Waals surface area (Å²) in [5.74, 6) is -0.0242. The van der Waals surface area contributed by atoms with E-state index in [1.807, 2.05) is 51.2 Å². The predicted molar refractivity (Wildman–Crippen MR) is 96.5 cm³/mol. The Kier molecular flexibility index (Phi) is 6.05. The van der Waals surface area contributed by atoms with Gasteiger partial charge < -0.3 is 10.2 Å². The summed E-state index contributed by atoms with van der Waals surface area (Å²) in [6, 6.07) is 11.5. The van der Waals surface area contributed by atoms with E-state index in [0.717, 1.165) is 21.7 Å². The standard InChI is InChI=1S/C18H20Cl2N2O/c1-12-7-8-15(9-13(12)2)21-17(23)11-22(3)10-14-5-4-6-16(19)18(14)20/h4-9H,10-11H2,1-3H3,(H,21,23)/p+1. The van der Waals surface area contributed by atoms with Gasteiger partial charge in [-0.25, -0.2) is 0 Å². The van der Waals surface area contributed by atoms with Crippen LogP contribution in [-0.4, -0.2) is 19.5 Å². The molecule has 0 aliphatic carbocycles. The molecule has 0 aliphatic heterocycles. The lowest BCUT2D eigenvalue weighted by molar-refractivity contribution is -0.885. The number of likely N-dealkylation sites (N-methyl/N-ethyl adjacent to an activating group) is 1. The number of rotatable bonds is 5. The Morgan fingerprint density at radius 3 is 2.57 bits per heavy atom. The van der Waals surface area contributed by atoms with E-state index in [0.29, 0.717) is 23.1 Å². The molecule has 1 atom stereocenters. The second kappa shape index (κ2) is 7.82. The van der Waals surface area contributed by atoms with Crippen LogP contribution in [-0.2, 0) is 11.3 Å². The Bertz CT molecular complexity index is 716.